The van der Waals surface area contributed by atoms with Crippen molar-refractivity contribution in [1.29, 1.82) is 0 Å². The maximum absolute atomic E-state index is 9.73. The Morgan fingerprint density at radius 2 is 2.10 bits per heavy atom. The van der Waals surface area contributed by atoms with Crippen molar-refractivity contribution in [3.63, 3.8) is 0 Å². The molecule has 0 unspecified atom stereocenters. The minimum atomic E-state index is 0.111. The van der Waals surface area contributed by atoms with Gasteiger partial charge in [0.2, 0.25) is 0 Å². The highest BCUT2D eigenvalue weighted by Crippen LogP contribution is 2.40. The summed E-state index contributed by atoms with van der Waals surface area (Å²) in [6, 6.07) is 6.91. The monoisotopic (exact) mass is 290 g/mol. The fraction of sp³-hybridized carbons (Fsp3) is 0.333. The highest BCUT2D eigenvalue weighted by atomic mass is 35.5. The average molecular weight is 291 g/mol. The Hall–Kier alpha value is -1.81. The lowest BCUT2D eigenvalue weighted by Gasteiger charge is -2.09. The molecule has 1 aliphatic carbocycles. The standard InChI is InChI=1S/C15H15ClN2O2/c1-2-20-13-7-10(5-6-12(13)19)15-17-11(9-3-4-9)8-14(16)18-15/h5-9,19H,2-4H2,1H3. The zero-order valence-electron chi connectivity index (χ0n) is 11.1. The molecule has 0 atom stereocenters. The van der Waals surface area contributed by atoms with Crippen molar-refractivity contribution >= 4 is 11.6 Å². The van der Waals surface area contributed by atoms with Crippen LogP contribution in [-0.4, -0.2) is 21.7 Å². The van der Waals surface area contributed by atoms with Gasteiger partial charge in [0.25, 0.3) is 0 Å². The number of phenols is 1. The third-order valence-electron chi connectivity index (χ3n) is 3.23. The summed E-state index contributed by atoms with van der Waals surface area (Å²) in [6.07, 6.45) is 2.32. The van der Waals surface area contributed by atoms with Gasteiger partial charge < -0.3 is 9.84 Å². The van der Waals surface area contributed by atoms with Gasteiger partial charge in [0.1, 0.15) is 5.15 Å². The number of nitrogens with zero attached hydrogens (tertiary/aromatic N) is 2. The van der Waals surface area contributed by atoms with Gasteiger partial charge in [-0.2, -0.15) is 0 Å². The molecule has 1 heterocycles. The Morgan fingerprint density at radius 1 is 1.30 bits per heavy atom. The zero-order chi connectivity index (χ0) is 14.1. The van der Waals surface area contributed by atoms with Crippen molar-refractivity contribution in [2.75, 3.05) is 6.61 Å². The molecule has 4 nitrogen and oxygen atoms in total. The Balaban J connectivity index is 2.01. The van der Waals surface area contributed by atoms with E-state index in [-0.39, 0.29) is 5.75 Å². The summed E-state index contributed by atoms with van der Waals surface area (Å²) < 4.78 is 5.38. The van der Waals surface area contributed by atoms with Crippen LogP contribution in [0.15, 0.2) is 24.3 Å². The first-order valence-electron chi connectivity index (χ1n) is 6.68. The molecular weight excluding hydrogens is 276 g/mol. The minimum absolute atomic E-state index is 0.111. The highest BCUT2D eigenvalue weighted by Gasteiger charge is 2.26. The van der Waals surface area contributed by atoms with E-state index in [1.807, 2.05) is 13.0 Å². The van der Waals surface area contributed by atoms with E-state index >= 15 is 0 Å². The quantitative estimate of drug-likeness (QED) is 0.871. The van der Waals surface area contributed by atoms with Crippen LogP contribution in [0.2, 0.25) is 5.15 Å². The summed E-state index contributed by atoms with van der Waals surface area (Å²) in [7, 11) is 0. The van der Waals surface area contributed by atoms with E-state index in [2.05, 4.69) is 9.97 Å². The van der Waals surface area contributed by atoms with Crippen LogP contribution in [0.4, 0.5) is 0 Å². The maximum Gasteiger partial charge on any atom is 0.161 e. The Bertz CT molecular complexity index is 642. The molecular formula is C15H15ClN2O2. The van der Waals surface area contributed by atoms with Gasteiger partial charge >= 0.3 is 0 Å². The molecule has 1 N–H and O–H groups in total. The molecule has 3 rings (SSSR count). The summed E-state index contributed by atoms with van der Waals surface area (Å²) in [5.41, 5.74) is 1.78. The second-order valence-electron chi connectivity index (χ2n) is 4.83. The molecule has 1 aromatic carbocycles. The van der Waals surface area contributed by atoms with Crippen LogP contribution < -0.4 is 4.74 Å². The van der Waals surface area contributed by atoms with Crippen LogP contribution in [0, 0.1) is 0 Å². The van der Waals surface area contributed by atoms with Crippen molar-refractivity contribution in [1.82, 2.24) is 9.97 Å². The number of rotatable bonds is 4. The maximum atomic E-state index is 9.73. The molecule has 0 saturated heterocycles. The molecule has 5 heteroatoms. The van der Waals surface area contributed by atoms with Gasteiger partial charge in [-0.05, 0) is 44.0 Å². The Labute approximate surface area is 122 Å². The summed E-state index contributed by atoms with van der Waals surface area (Å²) in [5.74, 6) is 1.62. The fourth-order valence-corrected chi connectivity index (χ4v) is 2.27. The van der Waals surface area contributed by atoms with Crippen molar-refractivity contribution < 1.29 is 9.84 Å². The van der Waals surface area contributed by atoms with Gasteiger partial charge in [-0.3, -0.25) is 0 Å². The summed E-state index contributed by atoms with van der Waals surface area (Å²) in [5, 5.41) is 10.2. The van der Waals surface area contributed by atoms with Gasteiger partial charge in [-0.15, -0.1) is 0 Å². The SMILES string of the molecule is CCOc1cc(-c2nc(Cl)cc(C3CC3)n2)ccc1O. The van der Waals surface area contributed by atoms with Crippen molar-refractivity contribution in [2.24, 2.45) is 0 Å². The molecule has 1 saturated carbocycles. The average Bonchev–Trinajstić information content (AvgIpc) is 3.25. The Morgan fingerprint density at radius 3 is 2.80 bits per heavy atom. The fourth-order valence-electron chi connectivity index (χ4n) is 2.08. The van der Waals surface area contributed by atoms with Crippen LogP contribution >= 0.6 is 11.6 Å². The van der Waals surface area contributed by atoms with E-state index in [4.69, 9.17) is 16.3 Å². The van der Waals surface area contributed by atoms with Crippen LogP contribution in [0.3, 0.4) is 0 Å². The molecule has 0 spiro atoms. The van der Waals surface area contributed by atoms with Crippen molar-refractivity contribution in [3.8, 4) is 22.9 Å². The largest absolute Gasteiger partial charge is 0.504 e. The third kappa shape index (κ3) is 2.70. The predicted molar refractivity (Wildman–Crippen MR) is 77.3 cm³/mol. The predicted octanol–water partition coefficient (Wildman–Crippen LogP) is 3.78. The lowest BCUT2D eigenvalue weighted by molar-refractivity contribution is 0.318. The van der Waals surface area contributed by atoms with Crippen LogP contribution in [-0.2, 0) is 0 Å². The molecule has 1 aliphatic rings. The number of halogens is 1. The first kappa shape index (κ1) is 13.2. The first-order valence-corrected chi connectivity index (χ1v) is 7.06. The van der Waals surface area contributed by atoms with Crippen molar-refractivity contribution in [3.05, 3.63) is 35.1 Å². The summed E-state index contributed by atoms with van der Waals surface area (Å²) >= 11 is 6.07. The number of phenolic OH excluding ortho intramolecular Hbond substituents is 1. The lowest BCUT2D eigenvalue weighted by atomic mass is 10.1. The van der Waals surface area contributed by atoms with Crippen LogP contribution in [0.5, 0.6) is 11.5 Å². The number of benzene rings is 1. The van der Waals surface area contributed by atoms with E-state index in [1.165, 1.54) is 0 Å². The molecule has 0 aliphatic heterocycles. The van der Waals surface area contributed by atoms with Crippen LogP contribution in [0.25, 0.3) is 11.4 Å². The molecule has 0 bridgehead atoms. The van der Waals surface area contributed by atoms with E-state index in [9.17, 15) is 5.11 Å². The van der Waals surface area contributed by atoms with Gasteiger partial charge in [0.15, 0.2) is 17.3 Å². The molecule has 0 radical (unpaired) electrons. The van der Waals surface area contributed by atoms with E-state index in [0.29, 0.717) is 29.3 Å². The smallest absolute Gasteiger partial charge is 0.161 e. The highest BCUT2D eigenvalue weighted by molar-refractivity contribution is 6.29. The van der Waals surface area contributed by atoms with Crippen LogP contribution in [0.1, 0.15) is 31.4 Å². The summed E-state index contributed by atoms with van der Waals surface area (Å²) in [6.45, 7) is 2.36. The Kier molecular flexibility index (Phi) is 3.49. The molecule has 2 aromatic rings. The second-order valence-corrected chi connectivity index (χ2v) is 5.22. The van der Waals surface area contributed by atoms with Gasteiger partial charge in [0.05, 0.1) is 6.61 Å². The van der Waals surface area contributed by atoms with Crippen molar-refractivity contribution in [2.45, 2.75) is 25.7 Å². The van der Waals surface area contributed by atoms with Gasteiger partial charge in [0, 0.05) is 17.2 Å². The van der Waals surface area contributed by atoms with E-state index in [0.717, 1.165) is 24.1 Å². The number of aromatic nitrogens is 2. The zero-order valence-corrected chi connectivity index (χ0v) is 11.9. The molecule has 1 fully saturated rings. The number of hydrogen-bond acceptors (Lipinski definition) is 4. The normalized spacial score (nSPS) is 14.3. The first-order chi connectivity index (χ1) is 9.67. The topological polar surface area (TPSA) is 55.2 Å². The van der Waals surface area contributed by atoms with E-state index in [1.54, 1.807) is 18.2 Å². The number of ether oxygens (including phenoxy) is 1. The van der Waals surface area contributed by atoms with Gasteiger partial charge in [-0.25, -0.2) is 9.97 Å². The molecule has 104 valence electrons. The summed E-state index contributed by atoms with van der Waals surface area (Å²) in [4.78, 5) is 8.83. The van der Waals surface area contributed by atoms with Gasteiger partial charge in [-0.1, -0.05) is 11.6 Å². The lowest BCUT2D eigenvalue weighted by Crippen LogP contribution is -1.96. The second kappa shape index (κ2) is 5.29. The molecule has 1 aromatic heterocycles. The number of hydrogen-bond donors (Lipinski definition) is 1. The molecule has 0 amide bonds. The number of aromatic hydroxyl groups is 1. The molecule has 20 heavy (non-hydrogen) atoms. The van der Waals surface area contributed by atoms with E-state index < -0.39 is 0 Å². The third-order valence-corrected chi connectivity index (χ3v) is 3.42. The minimum Gasteiger partial charge on any atom is -0.504 e.